The molecule has 5 heteroatoms. The van der Waals surface area contributed by atoms with E-state index in [1.54, 1.807) is 56.5 Å². The van der Waals surface area contributed by atoms with E-state index in [1.165, 1.54) is 12.1 Å². The monoisotopic (exact) mass is 317 g/mol. The normalized spacial score (nSPS) is 10.3. The molecule has 2 aromatic carbocycles. The molecule has 0 N–H and O–H groups in total. The van der Waals surface area contributed by atoms with Crippen molar-refractivity contribution in [2.75, 3.05) is 21.3 Å². The first-order valence-electron chi connectivity index (χ1n) is 7.22. The molecule has 0 aliphatic rings. The van der Waals surface area contributed by atoms with E-state index in [0.717, 1.165) is 11.1 Å². The Labute approximate surface area is 135 Å². The largest absolute Gasteiger partial charge is 0.497 e. The van der Waals surface area contributed by atoms with Crippen molar-refractivity contribution in [3.63, 3.8) is 0 Å². The van der Waals surface area contributed by atoms with Crippen LogP contribution < -0.4 is 9.47 Å². The van der Waals surface area contributed by atoms with E-state index in [2.05, 4.69) is 0 Å². The zero-order chi connectivity index (χ0) is 16.8. The molecule has 0 unspecified atom stereocenters. The number of hydrogen-bond acceptors (Lipinski definition) is 3. The molecule has 0 heterocycles. The van der Waals surface area contributed by atoms with Gasteiger partial charge in [-0.1, -0.05) is 12.1 Å². The molecule has 0 aliphatic carbocycles. The average molecular weight is 317 g/mol. The molecule has 122 valence electrons. The Morgan fingerprint density at radius 2 is 1.91 bits per heavy atom. The smallest absolute Gasteiger partial charge is 0.227 e. The number of rotatable bonds is 6. The number of likely N-dealkylation sites (N-methyl/N-ethyl adjacent to an activating group) is 1. The minimum Gasteiger partial charge on any atom is -0.497 e. The summed E-state index contributed by atoms with van der Waals surface area (Å²) in [7, 11) is 4.83. The van der Waals surface area contributed by atoms with Gasteiger partial charge in [-0.05, 0) is 35.9 Å². The second kappa shape index (κ2) is 7.63. The number of carbonyl (C=O) groups is 1. The van der Waals surface area contributed by atoms with Crippen LogP contribution in [0.25, 0.3) is 0 Å². The zero-order valence-electron chi connectivity index (χ0n) is 13.5. The molecule has 0 bridgehead atoms. The maximum absolute atomic E-state index is 13.2. The molecule has 0 fully saturated rings. The van der Waals surface area contributed by atoms with Crippen LogP contribution in [-0.2, 0) is 17.8 Å². The van der Waals surface area contributed by atoms with Crippen molar-refractivity contribution >= 4 is 5.91 Å². The lowest BCUT2D eigenvalue weighted by molar-refractivity contribution is -0.129. The molecule has 0 aromatic heterocycles. The molecular weight excluding hydrogens is 297 g/mol. The first kappa shape index (κ1) is 16.8. The summed E-state index contributed by atoms with van der Waals surface area (Å²) in [6, 6.07) is 11.6. The van der Waals surface area contributed by atoms with Crippen molar-refractivity contribution in [1.29, 1.82) is 0 Å². The predicted molar refractivity (Wildman–Crippen MR) is 86.1 cm³/mol. The van der Waals surface area contributed by atoms with Crippen LogP contribution in [0.4, 0.5) is 4.39 Å². The van der Waals surface area contributed by atoms with Gasteiger partial charge < -0.3 is 14.4 Å². The van der Waals surface area contributed by atoms with Crippen LogP contribution in [0.5, 0.6) is 11.5 Å². The summed E-state index contributed by atoms with van der Waals surface area (Å²) >= 11 is 0. The van der Waals surface area contributed by atoms with Gasteiger partial charge in [0.05, 0.1) is 20.6 Å². The van der Waals surface area contributed by atoms with Crippen LogP contribution >= 0.6 is 0 Å². The van der Waals surface area contributed by atoms with Crippen molar-refractivity contribution in [3.05, 3.63) is 59.4 Å². The highest BCUT2D eigenvalue weighted by Gasteiger charge is 2.14. The van der Waals surface area contributed by atoms with Gasteiger partial charge >= 0.3 is 0 Å². The first-order valence-corrected chi connectivity index (χ1v) is 7.22. The molecule has 23 heavy (non-hydrogen) atoms. The molecule has 0 spiro atoms. The number of nitrogens with zero attached hydrogens (tertiary/aromatic N) is 1. The van der Waals surface area contributed by atoms with Crippen LogP contribution in [0.1, 0.15) is 11.1 Å². The van der Waals surface area contributed by atoms with E-state index in [0.29, 0.717) is 18.0 Å². The summed E-state index contributed by atoms with van der Waals surface area (Å²) in [6.45, 7) is 0.350. The predicted octanol–water partition coefficient (Wildman–Crippen LogP) is 3.04. The summed E-state index contributed by atoms with van der Waals surface area (Å²) in [5.74, 6) is 0.915. The Kier molecular flexibility index (Phi) is 5.57. The summed E-state index contributed by atoms with van der Waals surface area (Å²) in [4.78, 5) is 14.0. The van der Waals surface area contributed by atoms with Gasteiger partial charge in [0.2, 0.25) is 5.91 Å². The SMILES string of the molecule is COc1ccc(OC)c(CC(=O)N(C)Cc2cccc(F)c2)c1. The molecule has 0 saturated heterocycles. The first-order chi connectivity index (χ1) is 11.0. The fourth-order valence-electron chi connectivity index (χ4n) is 2.32. The van der Waals surface area contributed by atoms with Crippen molar-refractivity contribution in [2.45, 2.75) is 13.0 Å². The Morgan fingerprint density at radius 1 is 1.13 bits per heavy atom. The highest BCUT2D eigenvalue weighted by molar-refractivity contribution is 5.79. The lowest BCUT2D eigenvalue weighted by Crippen LogP contribution is -2.27. The van der Waals surface area contributed by atoms with Crippen LogP contribution in [0.2, 0.25) is 0 Å². The van der Waals surface area contributed by atoms with Crippen molar-refractivity contribution in [1.82, 2.24) is 4.90 Å². The quantitative estimate of drug-likeness (QED) is 0.822. The molecule has 0 saturated carbocycles. The molecule has 2 aromatic rings. The Morgan fingerprint density at radius 3 is 2.57 bits per heavy atom. The van der Waals surface area contributed by atoms with E-state index in [4.69, 9.17) is 9.47 Å². The second-order valence-electron chi connectivity index (χ2n) is 5.23. The van der Waals surface area contributed by atoms with Crippen LogP contribution in [0.3, 0.4) is 0 Å². The maximum Gasteiger partial charge on any atom is 0.227 e. The van der Waals surface area contributed by atoms with E-state index >= 15 is 0 Å². The molecule has 0 aliphatic heterocycles. The third-order valence-electron chi connectivity index (χ3n) is 3.56. The maximum atomic E-state index is 13.2. The Hall–Kier alpha value is -2.56. The summed E-state index contributed by atoms with van der Waals surface area (Å²) in [5.41, 5.74) is 1.50. The van der Waals surface area contributed by atoms with Crippen molar-refractivity contribution in [2.24, 2.45) is 0 Å². The number of halogens is 1. The van der Waals surface area contributed by atoms with Gasteiger partial charge in [0.25, 0.3) is 0 Å². The molecule has 1 amide bonds. The molecular formula is C18H20FNO3. The Bertz CT molecular complexity index is 688. The molecule has 0 atom stereocenters. The van der Waals surface area contributed by atoms with Crippen LogP contribution in [0.15, 0.2) is 42.5 Å². The minimum atomic E-state index is -0.308. The van der Waals surface area contributed by atoms with Gasteiger partial charge in [-0.3, -0.25) is 4.79 Å². The fourth-order valence-corrected chi connectivity index (χ4v) is 2.32. The van der Waals surface area contributed by atoms with Crippen LogP contribution in [-0.4, -0.2) is 32.1 Å². The number of ether oxygens (including phenoxy) is 2. The third kappa shape index (κ3) is 4.45. The number of benzene rings is 2. The van der Waals surface area contributed by atoms with E-state index < -0.39 is 0 Å². The van der Waals surface area contributed by atoms with Gasteiger partial charge in [0, 0.05) is 19.2 Å². The molecule has 0 radical (unpaired) electrons. The zero-order valence-corrected chi connectivity index (χ0v) is 13.5. The van der Waals surface area contributed by atoms with E-state index in [1.807, 2.05) is 0 Å². The standard InChI is InChI=1S/C18H20FNO3/c1-20(12-13-5-4-6-15(19)9-13)18(21)11-14-10-16(22-2)7-8-17(14)23-3/h4-10H,11-12H2,1-3H3. The van der Waals surface area contributed by atoms with Gasteiger partial charge in [0.15, 0.2) is 0 Å². The summed E-state index contributed by atoms with van der Waals surface area (Å²) in [5, 5.41) is 0. The highest BCUT2D eigenvalue weighted by atomic mass is 19.1. The summed E-state index contributed by atoms with van der Waals surface area (Å²) < 4.78 is 23.7. The van der Waals surface area contributed by atoms with Gasteiger partial charge in [-0.25, -0.2) is 4.39 Å². The van der Waals surface area contributed by atoms with Crippen molar-refractivity contribution < 1.29 is 18.7 Å². The van der Waals surface area contributed by atoms with Gasteiger partial charge in [-0.2, -0.15) is 0 Å². The fraction of sp³-hybridized carbons (Fsp3) is 0.278. The van der Waals surface area contributed by atoms with Gasteiger partial charge in [-0.15, -0.1) is 0 Å². The lowest BCUT2D eigenvalue weighted by atomic mass is 10.1. The van der Waals surface area contributed by atoms with E-state index in [-0.39, 0.29) is 18.1 Å². The van der Waals surface area contributed by atoms with E-state index in [9.17, 15) is 9.18 Å². The number of hydrogen-bond donors (Lipinski definition) is 0. The minimum absolute atomic E-state index is 0.0826. The number of amides is 1. The number of methoxy groups -OCH3 is 2. The highest BCUT2D eigenvalue weighted by Crippen LogP contribution is 2.25. The lowest BCUT2D eigenvalue weighted by Gasteiger charge is -2.18. The summed E-state index contributed by atoms with van der Waals surface area (Å²) in [6.07, 6.45) is 0.187. The third-order valence-corrected chi connectivity index (χ3v) is 3.56. The Balaban J connectivity index is 2.09. The number of carbonyl (C=O) groups excluding carboxylic acids is 1. The average Bonchev–Trinajstić information content (AvgIpc) is 2.54. The van der Waals surface area contributed by atoms with Crippen LogP contribution in [0, 0.1) is 5.82 Å². The van der Waals surface area contributed by atoms with Gasteiger partial charge in [0.1, 0.15) is 17.3 Å². The second-order valence-corrected chi connectivity index (χ2v) is 5.23. The molecule has 4 nitrogen and oxygen atoms in total. The molecule has 2 rings (SSSR count). The topological polar surface area (TPSA) is 38.8 Å². The van der Waals surface area contributed by atoms with Crippen molar-refractivity contribution in [3.8, 4) is 11.5 Å².